The maximum atomic E-state index is 9.21. The van der Waals surface area contributed by atoms with Crippen LogP contribution < -0.4 is 0 Å². The second-order valence-electron chi connectivity index (χ2n) is 11.3. The van der Waals surface area contributed by atoms with Gasteiger partial charge in [0, 0.05) is 12.8 Å². The van der Waals surface area contributed by atoms with Gasteiger partial charge in [0.15, 0.2) is 0 Å². The van der Waals surface area contributed by atoms with Gasteiger partial charge in [-0.05, 0) is 135 Å². The lowest BCUT2D eigenvalue weighted by Gasteiger charge is -2.07. The molecule has 0 amide bonds. The lowest BCUT2D eigenvalue weighted by atomic mass is 9.95. The summed E-state index contributed by atoms with van der Waals surface area (Å²) < 4.78 is 0. The zero-order valence-corrected chi connectivity index (χ0v) is 25.6. The minimum atomic E-state index is 0.506. The highest BCUT2D eigenvalue weighted by Crippen LogP contribution is 2.38. The highest BCUT2D eigenvalue weighted by atomic mass is 14.9. The number of unbranched alkanes of at least 4 members (excludes halogenated alkanes) is 2. The molecule has 0 aromatic rings. The van der Waals surface area contributed by atoms with Crippen LogP contribution in [0.2, 0.25) is 0 Å². The van der Waals surface area contributed by atoms with Crippen molar-refractivity contribution in [3.63, 3.8) is 0 Å². The first-order chi connectivity index (χ1) is 20.3. The monoisotopic (exact) mass is 554 g/mol. The SMILES string of the molecule is CCC1=C(C)C2=NC1=CC1=NC(=CC3=NC(=CC4=NC(=C2)C(C)=C4CCCC#N)C(CCCC#N)=C3C)C(CC)=C1C. The van der Waals surface area contributed by atoms with Crippen molar-refractivity contribution in [1.29, 1.82) is 10.5 Å². The largest absolute Gasteiger partial charge is 0.248 e. The molecule has 5 aliphatic heterocycles. The van der Waals surface area contributed by atoms with E-state index in [1.165, 1.54) is 22.3 Å². The maximum absolute atomic E-state index is 9.21. The highest BCUT2D eigenvalue weighted by molar-refractivity contribution is 6.20. The first kappa shape index (κ1) is 29.1. The van der Waals surface area contributed by atoms with Crippen molar-refractivity contribution in [2.75, 3.05) is 0 Å². The van der Waals surface area contributed by atoms with Gasteiger partial charge in [-0.25, -0.2) is 20.0 Å². The zero-order chi connectivity index (χ0) is 30.0. The Kier molecular flexibility index (Phi) is 8.46. The average molecular weight is 555 g/mol. The van der Waals surface area contributed by atoms with Gasteiger partial charge in [0.1, 0.15) is 0 Å². The van der Waals surface area contributed by atoms with Crippen LogP contribution in [0.1, 0.15) is 92.9 Å². The van der Waals surface area contributed by atoms with E-state index >= 15 is 0 Å². The van der Waals surface area contributed by atoms with Gasteiger partial charge >= 0.3 is 0 Å². The normalized spacial score (nSPS) is 19.7. The molecule has 0 saturated carbocycles. The van der Waals surface area contributed by atoms with Gasteiger partial charge < -0.3 is 0 Å². The van der Waals surface area contributed by atoms with E-state index in [2.05, 4.69) is 78.0 Å². The molecular weight excluding hydrogens is 516 g/mol. The number of fused-ring (bicyclic) bond motifs is 4. The molecule has 0 fully saturated rings. The molecule has 0 atom stereocenters. The topological polar surface area (TPSA) is 97.0 Å². The lowest BCUT2D eigenvalue weighted by Crippen LogP contribution is -2.00. The van der Waals surface area contributed by atoms with E-state index in [1.807, 2.05) is 0 Å². The molecule has 8 bridgehead atoms. The average Bonchev–Trinajstić information content (AvgIpc) is 3.63. The van der Waals surface area contributed by atoms with Gasteiger partial charge in [-0.15, -0.1) is 0 Å². The van der Waals surface area contributed by atoms with Gasteiger partial charge in [0.05, 0.1) is 57.8 Å². The Hall–Kier alpha value is -4.42. The Morgan fingerprint density at radius 1 is 0.500 bits per heavy atom. The van der Waals surface area contributed by atoms with Gasteiger partial charge in [-0.3, -0.25) is 0 Å². The summed E-state index contributed by atoms with van der Waals surface area (Å²) in [6, 6.07) is 4.57. The molecule has 5 rings (SSSR count). The fraction of sp³-hybridized carbons (Fsp3) is 0.389. The smallest absolute Gasteiger partial charge is 0.0694 e. The Balaban J connectivity index is 1.75. The van der Waals surface area contributed by atoms with Crippen molar-refractivity contribution in [2.24, 2.45) is 20.0 Å². The van der Waals surface area contributed by atoms with Crippen LogP contribution in [0, 0.1) is 22.7 Å². The summed E-state index contributed by atoms with van der Waals surface area (Å²) in [7, 11) is 0. The van der Waals surface area contributed by atoms with E-state index in [0.717, 1.165) is 106 Å². The number of hydrogen-bond acceptors (Lipinski definition) is 6. The van der Waals surface area contributed by atoms with Crippen molar-refractivity contribution in [2.45, 2.75) is 92.9 Å². The minimum Gasteiger partial charge on any atom is -0.248 e. The number of rotatable bonds is 8. The van der Waals surface area contributed by atoms with E-state index in [1.54, 1.807) is 0 Å². The first-order valence-electron chi connectivity index (χ1n) is 15.1. The van der Waals surface area contributed by atoms with Crippen LogP contribution in [-0.4, -0.2) is 22.8 Å². The van der Waals surface area contributed by atoms with Crippen LogP contribution >= 0.6 is 0 Å². The molecule has 0 radical (unpaired) electrons. The van der Waals surface area contributed by atoms with Crippen LogP contribution in [0.25, 0.3) is 0 Å². The molecule has 0 aliphatic carbocycles. The summed E-state index contributed by atoms with van der Waals surface area (Å²) in [5.74, 6) is 0. The van der Waals surface area contributed by atoms with E-state index in [0.29, 0.717) is 12.8 Å². The number of allylic oxidation sites excluding steroid dienone is 12. The third-order valence-electron chi connectivity index (χ3n) is 8.78. The van der Waals surface area contributed by atoms with Crippen molar-refractivity contribution < 1.29 is 0 Å². The maximum Gasteiger partial charge on any atom is 0.0694 e. The summed E-state index contributed by atoms with van der Waals surface area (Å²) in [6.45, 7) is 12.9. The standard InChI is InChI=1S/C36H38N6/c1-7-25-21(3)29-17-30-23(5)27(13-9-11-15-37)35(41-30)20-36-28(14-10-12-16-38)24(6)32(42-36)19-34-26(8-2)22(4)31(40-34)18-33(25)39-29/h17-20H,7-14H2,1-6H3. The number of nitrogens with zero attached hydrogens (tertiary/aromatic N) is 6. The molecule has 212 valence electrons. The van der Waals surface area contributed by atoms with Crippen LogP contribution in [0.15, 0.2) is 112 Å². The summed E-state index contributed by atoms with van der Waals surface area (Å²) in [6.07, 6.45) is 14.4. The van der Waals surface area contributed by atoms with Crippen molar-refractivity contribution >= 4 is 22.8 Å². The molecule has 5 heterocycles. The molecule has 6 heteroatoms. The molecule has 42 heavy (non-hydrogen) atoms. The Labute approximate surface area is 249 Å². The van der Waals surface area contributed by atoms with Crippen molar-refractivity contribution in [1.82, 2.24) is 0 Å². The molecule has 0 unspecified atom stereocenters. The summed E-state index contributed by atoms with van der Waals surface area (Å²) in [4.78, 5) is 20.5. The minimum absolute atomic E-state index is 0.506. The summed E-state index contributed by atoms with van der Waals surface area (Å²) in [5, 5.41) is 18.4. The molecule has 0 saturated heterocycles. The zero-order valence-electron chi connectivity index (χ0n) is 25.6. The second-order valence-corrected chi connectivity index (χ2v) is 11.3. The van der Waals surface area contributed by atoms with Crippen LogP contribution in [0.4, 0.5) is 0 Å². The van der Waals surface area contributed by atoms with E-state index in [9.17, 15) is 10.5 Å². The Bertz CT molecular complexity index is 1720. The summed E-state index contributed by atoms with van der Waals surface area (Å²) in [5.41, 5.74) is 16.9. The number of hydrogen-bond donors (Lipinski definition) is 0. The predicted octanol–water partition coefficient (Wildman–Crippen LogP) is 8.83. The van der Waals surface area contributed by atoms with Gasteiger partial charge in [0.25, 0.3) is 0 Å². The van der Waals surface area contributed by atoms with Crippen molar-refractivity contribution in [3.05, 3.63) is 91.7 Å². The molecule has 5 aliphatic rings. The molecule has 0 aromatic heterocycles. The van der Waals surface area contributed by atoms with Gasteiger partial charge in [-0.1, -0.05) is 13.8 Å². The van der Waals surface area contributed by atoms with E-state index in [-0.39, 0.29) is 0 Å². The fourth-order valence-corrected chi connectivity index (χ4v) is 6.28. The second kappa shape index (κ2) is 12.2. The first-order valence-corrected chi connectivity index (χ1v) is 15.1. The van der Waals surface area contributed by atoms with E-state index in [4.69, 9.17) is 20.0 Å². The third kappa shape index (κ3) is 5.30. The molecule has 0 aromatic carbocycles. The fourth-order valence-electron chi connectivity index (χ4n) is 6.28. The van der Waals surface area contributed by atoms with Crippen LogP contribution in [-0.2, 0) is 0 Å². The Morgan fingerprint density at radius 2 is 0.881 bits per heavy atom. The number of aliphatic imine (C=N–C) groups is 4. The lowest BCUT2D eigenvalue weighted by molar-refractivity contribution is 0.842. The van der Waals surface area contributed by atoms with Crippen LogP contribution in [0.3, 0.4) is 0 Å². The van der Waals surface area contributed by atoms with Gasteiger partial charge in [-0.2, -0.15) is 10.5 Å². The molecular formula is C36H38N6. The third-order valence-corrected chi connectivity index (χ3v) is 8.78. The molecule has 0 N–H and O–H groups in total. The van der Waals surface area contributed by atoms with Crippen LogP contribution in [0.5, 0.6) is 0 Å². The molecule has 0 spiro atoms. The Morgan fingerprint density at radius 3 is 1.36 bits per heavy atom. The summed E-state index contributed by atoms with van der Waals surface area (Å²) >= 11 is 0. The predicted molar refractivity (Wildman–Crippen MR) is 172 cm³/mol. The van der Waals surface area contributed by atoms with E-state index < -0.39 is 0 Å². The van der Waals surface area contributed by atoms with Crippen molar-refractivity contribution in [3.8, 4) is 12.1 Å². The molecule has 6 nitrogen and oxygen atoms in total. The van der Waals surface area contributed by atoms with Gasteiger partial charge in [0.2, 0.25) is 0 Å². The number of nitriles is 2. The quantitative estimate of drug-likeness (QED) is 0.280. The highest BCUT2D eigenvalue weighted by Gasteiger charge is 2.28.